The molecule has 0 saturated heterocycles. The molecular formula is C20H15FN6O2. The third-order valence-electron chi connectivity index (χ3n) is 4.16. The average molecular weight is 390 g/mol. The van der Waals surface area contributed by atoms with Gasteiger partial charge in [-0.2, -0.15) is 0 Å². The maximum absolute atomic E-state index is 13.1. The summed E-state index contributed by atoms with van der Waals surface area (Å²) in [5, 5.41) is 5.01. The molecule has 144 valence electrons. The van der Waals surface area contributed by atoms with Crippen molar-refractivity contribution in [1.29, 1.82) is 0 Å². The van der Waals surface area contributed by atoms with Gasteiger partial charge in [-0.25, -0.2) is 19.0 Å². The van der Waals surface area contributed by atoms with E-state index in [0.29, 0.717) is 17.0 Å². The average Bonchev–Trinajstić information content (AvgIpc) is 3.13. The Morgan fingerprint density at radius 2 is 1.62 bits per heavy atom. The molecular weight excluding hydrogens is 375 g/mol. The Bertz CT molecular complexity index is 1220. The summed E-state index contributed by atoms with van der Waals surface area (Å²) in [4.78, 5) is 32.9. The van der Waals surface area contributed by atoms with Crippen LogP contribution in [-0.4, -0.2) is 31.6 Å². The molecule has 2 aromatic carbocycles. The summed E-state index contributed by atoms with van der Waals surface area (Å²) in [6.07, 6.45) is 0. The molecule has 4 aromatic rings. The molecule has 0 saturated carbocycles. The van der Waals surface area contributed by atoms with Crippen molar-refractivity contribution < 1.29 is 14.0 Å². The predicted octanol–water partition coefficient (Wildman–Crippen LogP) is 2.34. The first-order chi connectivity index (χ1) is 14.0. The normalized spacial score (nSPS) is 10.7. The fourth-order valence-corrected chi connectivity index (χ4v) is 2.74. The smallest absolute Gasteiger partial charge is 0.266 e. The summed E-state index contributed by atoms with van der Waals surface area (Å²) in [5.41, 5.74) is 5.95. The molecule has 2 heterocycles. The number of pyridine rings is 1. The lowest BCUT2D eigenvalue weighted by atomic mass is 10.2. The zero-order valence-corrected chi connectivity index (χ0v) is 15.3. The van der Waals surface area contributed by atoms with Crippen molar-refractivity contribution in [3.63, 3.8) is 0 Å². The van der Waals surface area contributed by atoms with Crippen molar-refractivity contribution in [3.05, 3.63) is 83.8 Å². The molecule has 0 fully saturated rings. The largest absolute Gasteiger partial charge is 0.309 e. The number of rotatable bonds is 3. The molecule has 0 atom stereocenters. The molecule has 0 bridgehead atoms. The van der Waals surface area contributed by atoms with E-state index in [1.165, 1.54) is 28.9 Å². The van der Waals surface area contributed by atoms with E-state index in [-0.39, 0.29) is 17.3 Å². The van der Waals surface area contributed by atoms with Crippen LogP contribution in [0.3, 0.4) is 0 Å². The SMILES string of the molecule is Cc1nc(C(=O)NNC(=O)c2ccc3ccccc3n2)nn1-c1ccc(F)cc1. The van der Waals surface area contributed by atoms with E-state index >= 15 is 0 Å². The number of aromatic nitrogens is 4. The molecule has 2 N–H and O–H groups in total. The second-order valence-electron chi connectivity index (χ2n) is 6.17. The number of carbonyl (C=O) groups excluding carboxylic acids is 2. The minimum Gasteiger partial charge on any atom is -0.266 e. The van der Waals surface area contributed by atoms with Crippen LogP contribution in [0.1, 0.15) is 26.9 Å². The fourth-order valence-electron chi connectivity index (χ4n) is 2.74. The first kappa shape index (κ1) is 18.2. The number of halogens is 1. The Kier molecular flexibility index (Phi) is 4.70. The van der Waals surface area contributed by atoms with Crippen LogP contribution in [0.5, 0.6) is 0 Å². The third-order valence-corrected chi connectivity index (χ3v) is 4.16. The minimum atomic E-state index is -0.692. The summed E-state index contributed by atoms with van der Waals surface area (Å²) in [6, 6.07) is 16.3. The molecule has 0 aliphatic rings. The highest BCUT2D eigenvalue weighted by molar-refractivity contribution is 5.97. The second kappa shape index (κ2) is 7.47. The second-order valence-corrected chi connectivity index (χ2v) is 6.17. The quantitative estimate of drug-likeness (QED) is 0.523. The lowest BCUT2D eigenvalue weighted by Crippen LogP contribution is -2.42. The molecule has 0 aliphatic heterocycles. The Hall–Kier alpha value is -4.14. The standard InChI is InChI=1S/C20H15FN6O2/c1-12-22-18(26-27(12)15-9-7-14(21)8-10-15)20(29)25-24-19(28)17-11-6-13-4-2-3-5-16(13)23-17/h2-11H,1H3,(H,24,28)(H,25,29). The van der Waals surface area contributed by atoms with Crippen LogP contribution < -0.4 is 10.9 Å². The van der Waals surface area contributed by atoms with Crippen LogP contribution in [0.25, 0.3) is 16.6 Å². The van der Waals surface area contributed by atoms with Gasteiger partial charge in [-0.1, -0.05) is 24.3 Å². The Morgan fingerprint density at radius 3 is 2.41 bits per heavy atom. The number of hydrazine groups is 1. The van der Waals surface area contributed by atoms with Gasteiger partial charge in [0, 0.05) is 5.39 Å². The zero-order chi connectivity index (χ0) is 20.4. The van der Waals surface area contributed by atoms with Crippen molar-refractivity contribution in [2.75, 3.05) is 0 Å². The highest BCUT2D eigenvalue weighted by Gasteiger charge is 2.17. The number of amides is 2. The van der Waals surface area contributed by atoms with E-state index in [4.69, 9.17) is 0 Å². The van der Waals surface area contributed by atoms with Crippen LogP contribution in [0, 0.1) is 12.7 Å². The zero-order valence-electron chi connectivity index (χ0n) is 15.3. The summed E-state index contributed by atoms with van der Waals surface area (Å²) in [7, 11) is 0. The van der Waals surface area contributed by atoms with E-state index in [2.05, 4.69) is 25.9 Å². The Labute approximate surface area is 164 Å². The fraction of sp³-hybridized carbons (Fsp3) is 0.0500. The monoisotopic (exact) mass is 390 g/mol. The summed E-state index contributed by atoms with van der Waals surface area (Å²) >= 11 is 0. The van der Waals surface area contributed by atoms with Crippen molar-refractivity contribution in [2.24, 2.45) is 0 Å². The molecule has 8 nitrogen and oxygen atoms in total. The van der Waals surface area contributed by atoms with Crippen molar-refractivity contribution >= 4 is 22.7 Å². The molecule has 9 heteroatoms. The van der Waals surface area contributed by atoms with Crippen LogP contribution in [0.4, 0.5) is 4.39 Å². The van der Waals surface area contributed by atoms with Crippen LogP contribution in [0.2, 0.25) is 0 Å². The van der Waals surface area contributed by atoms with Gasteiger partial charge in [-0.3, -0.25) is 20.4 Å². The first-order valence-corrected chi connectivity index (χ1v) is 8.67. The number of nitrogens with zero attached hydrogens (tertiary/aromatic N) is 4. The number of nitrogens with one attached hydrogen (secondary N) is 2. The van der Waals surface area contributed by atoms with Gasteiger partial charge in [0.2, 0.25) is 5.82 Å². The van der Waals surface area contributed by atoms with Crippen LogP contribution in [-0.2, 0) is 0 Å². The topological polar surface area (TPSA) is 102 Å². The van der Waals surface area contributed by atoms with Crippen LogP contribution in [0.15, 0.2) is 60.7 Å². The summed E-state index contributed by atoms with van der Waals surface area (Å²) in [6.45, 7) is 1.66. The Balaban J connectivity index is 1.46. The van der Waals surface area contributed by atoms with E-state index in [1.807, 2.05) is 18.2 Å². The maximum atomic E-state index is 13.1. The number of aryl methyl sites for hydroxylation is 1. The minimum absolute atomic E-state index is 0.140. The van der Waals surface area contributed by atoms with Gasteiger partial charge in [0.25, 0.3) is 5.91 Å². The number of hydrogen-bond acceptors (Lipinski definition) is 5. The van der Waals surface area contributed by atoms with Gasteiger partial charge in [-0.05, 0) is 43.3 Å². The van der Waals surface area contributed by atoms with Crippen molar-refractivity contribution in [2.45, 2.75) is 6.92 Å². The van der Waals surface area contributed by atoms with Gasteiger partial charge in [0.15, 0.2) is 0 Å². The molecule has 0 aliphatic carbocycles. The van der Waals surface area contributed by atoms with E-state index < -0.39 is 11.8 Å². The predicted molar refractivity (Wildman–Crippen MR) is 103 cm³/mol. The molecule has 0 spiro atoms. The van der Waals surface area contributed by atoms with Gasteiger partial charge in [-0.15, -0.1) is 5.10 Å². The maximum Gasteiger partial charge on any atom is 0.309 e. The molecule has 2 aromatic heterocycles. The number of fused-ring (bicyclic) bond motifs is 1. The molecule has 0 unspecified atom stereocenters. The van der Waals surface area contributed by atoms with Crippen molar-refractivity contribution in [3.8, 4) is 5.69 Å². The Morgan fingerprint density at radius 1 is 0.897 bits per heavy atom. The molecule has 4 rings (SSSR count). The van der Waals surface area contributed by atoms with Gasteiger partial charge in [0.05, 0.1) is 11.2 Å². The lowest BCUT2D eigenvalue weighted by molar-refractivity contribution is 0.0838. The molecule has 2 amide bonds. The van der Waals surface area contributed by atoms with E-state index in [9.17, 15) is 14.0 Å². The number of benzene rings is 2. The van der Waals surface area contributed by atoms with Crippen LogP contribution >= 0.6 is 0 Å². The summed E-state index contributed by atoms with van der Waals surface area (Å²) in [5.74, 6) is -1.35. The number of para-hydroxylation sites is 1. The van der Waals surface area contributed by atoms with Gasteiger partial charge >= 0.3 is 5.91 Å². The first-order valence-electron chi connectivity index (χ1n) is 8.67. The van der Waals surface area contributed by atoms with Crippen molar-refractivity contribution in [1.82, 2.24) is 30.6 Å². The highest BCUT2D eigenvalue weighted by atomic mass is 19.1. The van der Waals surface area contributed by atoms with E-state index in [1.54, 1.807) is 25.1 Å². The van der Waals surface area contributed by atoms with Gasteiger partial charge in [0.1, 0.15) is 17.3 Å². The van der Waals surface area contributed by atoms with Gasteiger partial charge < -0.3 is 0 Å². The van der Waals surface area contributed by atoms with E-state index in [0.717, 1.165) is 5.39 Å². The summed E-state index contributed by atoms with van der Waals surface area (Å²) < 4.78 is 14.5. The lowest BCUT2D eigenvalue weighted by Gasteiger charge is -2.06. The highest BCUT2D eigenvalue weighted by Crippen LogP contribution is 2.12. The molecule has 29 heavy (non-hydrogen) atoms. The number of carbonyl (C=O) groups is 2. The number of hydrogen-bond donors (Lipinski definition) is 2. The third kappa shape index (κ3) is 3.79. The molecule has 0 radical (unpaired) electrons.